The first-order valence-corrected chi connectivity index (χ1v) is 7.74. The monoisotopic (exact) mass is 313 g/mol. The third kappa shape index (κ3) is 5.29. The Morgan fingerprint density at radius 1 is 1.22 bits per heavy atom. The average Bonchev–Trinajstić information content (AvgIpc) is 2.55. The minimum absolute atomic E-state index is 0.153. The summed E-state index contributed by atoms with van der Waals surface area (Å²) in [4.78, 5) is 16.2. The number of ether oxygens (including phenoxy) is 1. The van der Waals surface area contributed by atoms with Crippen molar-refractivity contribution in [2.75, 3.05) is 19.0 Å². The number of hydrogen-bond donors (Lipinski definition) is 2. The van der Waals surface area contributed by atoms with Crippen LogP contribution in [0.4, 0.5) is 11.4 Å². The molecule has 0 aliphatic carbocycles. The highest BCUT2D eigenvalue weighted by atomic mass is 16.5. The van der Waals surface area contributed by atoms with E-state index in [9.17, 15) is 4.79 Å². The van der Waals surface area contributed by atoms with Gasteiger partial charge in [-0.2, -0.15) is 0 Å². The molecule has 0 spiro atoms. The second-order valence-electron chi connectivity index (χ2n) is 5.73. The summed E-state index contributed by atoms with van der Waals surface area (Å²) in [5.41, 5.74) is 2.10. The number of carbonyl (C=O) groups is 1. The van der Waals surface area contributed by atoms with E-state index >= 15 is 0 Å². The maximum absolute atomic E-state index is 12.1. The van der Waals surface area contributed by atoms with E-state index in [0.29, 0.717) is 18.2 Å². The van der Waals surface area contributed by atoms with Crippen LogP contribution in [0.25, 0.3) is 0 Å². The van der Waals surface area contributed by atoms with Gasteiger partial charge < -0.3 is 15.4 Å². The zero-order valence-corrected chi connectivity index (χ0v) is 13.8. The van der Waals surface area contributed by atoms with E-state index in [1.165, 1.54) is 0 Å². The molecule has 0 aliphatic rings. The lowest BCUT2D eigenvalue weighted by Gasteiger charge is -2.10. The summed E-state index contributed by atoms with van der Waals surface area (Å²) in [6, 6.07) is 11.2. The van der Waals surface area contributed by atoms with Crippen molar-refractivity contribution in [3.05, 3.63) is 48.3 Å². The summed E-state index contributed by atoms with van der Waals surface area (Å²) in [7, 11) is 1.63. The lowest BCUT2D eigenvalue weighted by Crippen LogP contribution is -2.26. The van der Waals surface area contributed by atoms with Crippen molar-refractivity contribution in [2.45, 2.75) is 20.3 Å². The van der Waals surface area contributed by atoms with Crippen LogP contribution in [-0.2, 0) is 0 Å². The third-order valence-corrected chi connectivity index (χ3v) is 3.36. The van der Waals surface area contributed by atoms with Gasteiger partial charge in [0.25, 0.3) is 5.91 Å². The van der Waals surface area contributed by atoms with Crippen LogP contribution in [0.5, 0.6) is 5.75 Å². The molecule has 1 heterocycles. The Labute approximate surface area is 137 Å². The first-order valence-electron chi connectivity index (χ1n) is 7.74. The van der Waals surface area contributed by atoms with Crippen LogP contribution in [0.15, 0.2) is 42.6 Å². The molecule has 0 fully saturated rings. The summed E-state index contributed by atoms with van der Waals surface area (Å²) in [6.45, 7) is 4.91. The maximum Gasteiger partial charge on any atom is 0.269 e. The van der Waals surface area contributed by atoms with Crippen molar-refractivity contribution in [3.63, 3.8) is 0 Å². The van der Waals surface area contributed by atoms with Crippen LogP contribution < -0.4 is 15.4 Å². The summed E-state index contributed by atoms with van der Waals surface area (Å²) >= 11 is 0. The molecular weight excluding hydrogens is 290 g/mol. The van der Waals surface area contributed by atoms with Gasteiger partial charge in [-0.3, -0.25) is 9.78 Å². The zero-order valence-electron chi connectivity index (χ0n) is 13.8. The highest BCUT2D eigenvalue weighted by Gasteiger charge is 2.08. The van der Waals surface area contributed by atoms with Gasteiger partial charge in [0.2, 0.25) is 0 Å². The Hall–Kier alpha value is -2.56. The standard InChI is InChI=1S/C18H23N3O2/c1-13(2)7-9-20-18(22)17-12-15(8-10-19-17)21-14-5-4-6-16(11-14)23-3/h4-6,8,10-13H,7,9H2,1-3H3,(H,19,21)(H,20,22). The quantitative estimate of drug-likeness (QED) is 0.819. The van der Waals surface area contributed by atoms with Crippen molar-refractivity contribution in [3.8, 4) is 5.75 Å². The van der Waals surface area contributed by atoms with Crippen LogP contribution in [0.3, 0.4) is 0 Å². The van der Waals surface area contributed by atoms with Gasteiger partial charge in [-0.05, 0) is 36.6 Å². The molecular formula is C18H23N3O2. The molecule has 0 aliphatic heterocycles. The summed E-state index contributed by atoms with van der Waals surface area (Å²) in [6.07, 6.45) is 2.58. The topological polar surface area (TPSA) is 63.2 Å². The fourth-order valence-corrected chi connectivity index (χ4v) is 2.06. The number of rotatable bonds is 7. The fraction of sp³-hybridized carbons (Fsp3) is 0.333. The molecule has 1 aromatic heterocycles. The Balaban J connectivity index is 2.02. The van der Waals surface area contributed by atoms with Gasteiger partial charge >= 0.3 is 0 Å². The molecule has 0 atom stereocenters. The van der Waals surface area contributed by atoms with Crippen molar-refractivity contribution in [1.29, 1.82) is 0 Å². The van der Waals surface area contributed by atoms with E-state index in [1.807, 2.05) is 30.3 Å². The summed E-state index contributed by atoms with van der Waals surface area (Å²) in [5.74, 6) is 1.18. The predicted molar refractivity (Wildman–Crippen MR) is 92.3 cm³/mol. The fourth-order valence-electron chi connectivity index (χ4n) is 2.06. The summed E-state index contributed by atoms with van der Waals surface area (Å²) < 4.78 is 5.20. The number of hydrogen-bond acceptors (Lipinski definition) is 4. The number of nitrogens with zero attached hydrogens (tertiary/aromatic N) is 1. The largest absolute Gasteiger partial charge is 0.497 e. The second kappa shape index (κ2) is 8.17. The number of carbonyl (C=O) groups excluding carboxylic acids is 1. The van der Waals surface area contributed by atoms with Gasteiger partial charge in [-0.15, -0.1) is 0 Å². The predicted octanol–water partition coefficient (Wildman–Crippen LogP) is 3.61. The van der Waals surface area contributed by atoms with Gasteiger partial charge in [0.1, 0.15) is 11.4 Å². The van der Waals surface area contributed by atoms with Gasteiger partial charge in [-0.1, -0.05) is 19.9 Å². The molecule has 0 bridgehead atoms. The van der Waals surface area contributed by atoms with Crippen LogP contribution in [-0.4, -0.2) is 24.5 Å². The lowest BCUT2D eigenvalue weighted by atomic mass is 10.1. The molecule has 23 heavy (non-hydrogen) atoms. The second-order valence-corrected chi connectivity index (χ2v) is 5.73. The Bertz CT molecular complexity index is 656. The molecule has 1 aromatic carbocycles. The Kier molecular flexibility index (Phi) is 5.97. The van der Waals surface area contributed by atoms with E-state index in [2.05, 4.69) is 29.5 Å². The molecule has 0 saturated carbocycles. The number of nitrogens with one attached hydrogen (secondary N) is 2. The normalized spacial score (nSPS) is 10.4. The van der Waals surface area contributed by atoms with Crippen LogP contribution >= 0.6 is 0 Å². The van der Waals surface area contributed by atoms with Crippen molar-refractivity contribution < 1.29 is 9.53 Å². The maximum atomic E-state index is 12.1. The lowest BCUT2D eigenvalue weighted by molar-refractivity contribution is 0.0947. The molecule has 0 radical (unpaired) electrons. The minimum Gasteiger partial charge on any atom is -0.497 e. The number of amides is 1. The Morgan fingerprint density at radius 2 is 2.00 bits per heavy atom. The smallest absolute Gasteiger partial charge is 0.269 e. The van der Waals surface area contributed by atoms with Crippen molar-refractivity contribution in [2.24, 2.45) is 5.92 Å². The van der Waals surface area contributed by atoms with Gasteiger partial charge in [0.15, 0.2) is 0 Å². The third-order valence-electron chi connectivity index (χ3n) is 3.36. The van der Waals surface area contributed by atoms with E-state index in [1.54, 1.807) is 19.4 Å². The first-order chi connectivity index (χ1) is 11.1. The van der Waals surface area contributed by atoms with Gasteiger partial charge in [-0.25, -0.2) is 0 Å². The number of aromatic nitrogens is 1. The first kappa shape index (κ1) is 16.8. The summed E-state index contributed by atoms with van der Waals surface area (Å²) in [5, 5.41) is 6.14. The highest BCUT2D eigenvalue weighted by molar-refractivity contribution is 5.93. The number of anilines is 2. The molecule has 2 rings (SSSR count). The number of benzene rings is 1. The molecule has 2 aromatic rings. The van der Waals surface area contributed by atoms with E-state index in [-0.39, 0.29) is 5.91 Å². The molecule has 2 N–H and O–H groups in total. The minimum atomic E-state index is -0.153. The van der Waals surface area contributed by atoms with E-state index < -0.39 is 0 Å². The molecule has 5 nitrogen and oxygen atoms in total. The van der Waals surface area contributed by atoms with Gasteiger partial charge in [0, 0.05) is 30.2 Å². The Morgan fingerprint density at radius 3 is 2.74 bits per heavy atom. The molecule has 5 heteroatoms. The molecule has 122 valence electrons. The van der Waals surface area contributed by atoms with E-state index in [4.69, 9.17) is 4.74 Å². The van der Waals surface area contributed by atoms with Crippen molar-refractivity contribution in [1.82, 2.24) is 10.3 Å². The number of methoxy groups -OCH3 is 1. The van der Waals surface area contributed by atoms with Crippen molar-refractivity contribution >= 4 is 17.3 Å². The van der Waals surface area contributed by atoms with Crippen LogP contribution in [0.1, 0.15) is 30.8 Å². The van der Waals surface area contributed by atoms with Gasteiger partial charge in [0.05, 0.1) is 7.11 Å². The van der Waals surface area contributed by atoms with E-state index in [0.717, 1.165) is 23.5 Å². The van der Waals surface area contributed by atoms with Crippen LogP contribution in [0, 0.1) is 5.92 Å². The SMILES string of the molecule is COc1cccc(Nc2ccnc(C(=O)NCCC(C)C)c2)c1. The number of pyridine rings is 1. The van der Waals surface area contributed by atoms with Crippen LogP contribution in [0.2, 0.25) is 0 Å². The average molecular weight is 313 g/mol. The molecule has 0 saturated heterocycles. The molecule has 0 unspecified atom stereocenters. The zero-order chi connectivity index (χ0) is 16.7. The molecule has 1 amide bonds. The highest BCUT2D eigenvalue weighted by Crippen LogP contribution is 2.21.